The van der Waals surface area contributed by atoms with Crippen molar-refractivity contribution in [2.45, 2.75) is 19.8 Å². The van der Waals surface area contributed by atoms with Crippen LogP contribution in [0.15, 0.2) is 6.20 Å². The Balaban J connectivity index is 3.35. The molecule has 0 unspecified atom stereocenters. The molecule has 0 atom stereocenters. The van der Waals surface area contributed by atoms with Gasteiger partial charge in [0.25, 0.3) is 6.43 Å². The topological polar surface area (TPSA) is 106 Å². The molecule has 0 radical (unpaired) electrons. The molecule has 106 valence electrons. The van der Waals surface area contributed by atoms with Gasteiger partial charge in [0, 0.05) is 5.56 Å². The molecule has 0 bridgehead atoms. The van der Waals surface area contributed by atoms with E-state index in [1.54, 1.807) is 6.92 Å². The Morgan fingerprint density at radius 1 is 1.65 bits per heavy atom. The second-order valence-corrected chi connectivity index (χ2v) is 3.55. The van der Waals surface area contributed by atoms with E-state index in [0.29, 0.717) is 0 Å². The number of alkyl halides is 2. The van der Waals surface area contributed by atoms with Gasteiger partial charge in [-0.25, -0.2) is 8.78 Å². The summed E-state index contributed by atoms with van der Waals surface area (Å²) in [6.45, 7) is 1.64. The molecule has 0 aromatic carbocycles. The maximum atomic E-state index is 12.9. The van der Waals surface area contributed by atoms with E-state index in [0.717, 1.165) is 6.20 Å². The summed E-state index contributed by atoms with van der Waals surface area (Å²) in [5.74, 6) is -1.83. The summed E-state index contributed by atoms with van der Waals surface area (Å²) < 4.78 is 30.4. The summed E-state index contributed by atoms with van der Waals surface area (Å²) in [6.07, 6.45) is -2.85. The lowest BCUT2D eigenvalue weighted by atomic mass is 10.0. The molecule has 0 aliphatic carbocycles. The van der Waals surface area contributed by atoms with Crippen molar-refractivity contribution < 1.29 is 23.2 Å². The van der Waals surface area contributed by atoms with Crippen molar-refractivity contribution in [3.63, 3.8) is 0 Å². The maximum Gasteiger partial charge on any atom is 0.373 e. The van der Waals surface area contributed by atoms with Gasteiger partial charge in [-0.3, -0.25) is 4.79 Å². The summed E-state index contributed by atoms with van der Waals surface area (Å²) in [5, 5.41) is 19.6. The van der Waals surface area contributed by atoms with Crippen LogP contribution in [0.3, 0.4) is 0 Å². The number of halogens is 2. The number of hydrogen-bond acceptors (Lipinski definition) is 6. The summed E-state index contributed by atoms with van der Waals surface area (Å²) in [6, 6.07) is 1.46. The number of carbonyl (C=O) groups is 1. The first-order chi connectivity index (χ1) is 9.42. The third kappa shape index (κ3) is 3.23. The Labute approximate surface area is 111 Å². The normalized spacial score (nSPS) is 10.2. The highest BCUT2D eigenvalue weighted by Crippen LogP contribution is 2.32. The van der Waals surface area contributed by atoms with E-state index in [1.165, 1.54) is 6.07 Å². The van der Waals surface area contributed by atoms with Gasteiger partial charge in [-0.05, 0) is 16.8 Å². The monoisotopic (exact) mass is 285 g/mol. The van der Waals surface area contributed by atoms with Gasteiger partial charge < -0.3 is 14.9 Å². The molecule has 1 aromatic rings. The van der Waals surface area contributed by atoms with E-state index >= 15 is 0 Å². The highest BCUT2D eigenvalue weighted by Gasteiger charge is 2.30. The molecule has 0 saturated carbocycles. The Bertz CT molecular complexity index is 584. The zero-order chi connectivity index (χ0) is 15.3. The van der Waals surface area contributed by atoms with Crippen molar-refractivity contribution in [2.24, 2.45) is 0 Å². The minimum atomic E-state index is -3.25. The van der Waals surface area contributed by atoms with Crippen LogP contribution < -0.4 is 0 Å². The van der Waals surface area contributed by atoms with Crippen molar-refractivity contribution in [3.8, 4) is 6.07 Å². The number of nitriles is 1. The van der Waals surface area contributed by atoms with Gasteiger partial charge in [0.15, 0.2) is 0 Å². The maximum absolute atomic E-state index is 12.9. The number of nitro groups is 1. The molecule has 0 N–H and O–H groups in total. The minimum absolute atomic E-state index is 0.0861. The molecule has 0 fully saturated rings. The number of aromatic nitrogens is 1. The van der Waals surface area contributed by atoms with Gasteiger partial charge in [-0.1, -0.05) is 0 Å². The van der Waals surface area contributed by atoms with Crippen LogP contribution in [0.2, 0.25) is 0 Å². The standard InChI is InChI=1S/C11H9F2N3O4/c1-2-20-8(17)3-6-5-15-11(16(18)19)9(10(12)13)7(6)4-14/h5,10H,2-3H2,1H3. The SMILES string of the molecule is CCOC(=O)Cc1cnc([N+](=O)[O-])c(C(F)F)c1C#N. The molecule has 0 saturated heterocycles. The van der Waals surface area contributed by atoms with Gasteiger partial charge in [-0.15, -0.1) is 0 Å². The summed E-state index contributed by atoms with van der Waals surface area (Å²) in [7, 11) is 0. The van der Waals surface area contributed by atoms with Gasteiger partial charge >= 0.3 is 11.8 Å². The number of hydrogen-bond donors (Lipinski definition) is 0. The van der Waals surface area contributed by atoms with Gasteiger partial charge in [-0.2, -0.15) is 5.26 Å². The van der Waals surface area contributed by atoms with Crippen LogP contribution in [0, 0.1) is 21.4 Å². The predicted molar refractivity (Wildman–Crippen MR) is 60.9 cm³/mol. The predicted octanol–water partition coefficient (Wildman–Crippen LogP) is 1.90. The fourth-order valence-electron chi connectivity index (χ4n) is 1.54. The van der Waals surface area contributed by atoms with Gasteiger partial charge in [0.05, 0.1) is 18.6 Å². The fraction of sp³-hybridized carbons (Fsp3) is 0.364. The Hall–Kier alpha value is -2.63. The number of nitrogens with zero attached hydrogens (tertiary/aromatic N) is 3. The average molecular weight is 285 g/mol. The Morgan fingerprint density at radius 2 is 2.30 bits per heavy atom. The zero-order valence-electron chi connectivity index (χ0n) is 10.3. The molecule has 0 spiro atoms. The van der Waals surface area contributed by atoms with Crippen LogP contribution in [0.1, 0.15) is 30.0 Å². The first-order valence-electron chi connectivity index (χ1n) is 5.42. The van der Waals surface area contributed by atoms with Crippen LogP contribution >= 0.6 is 0 Å². The third-order valence-electron chi connectivity index (χ3n) is 2.32. The molecule has 0 amide bonds. The van der Waals surface area contributed by atoms with E-state index in [9.17, 15) is 23.7 Å². The molecule has 7 nitrogen and oxygen atoms in total. The minimum Gasteiger partial charge on any atom is -0.466 e. The van der Waals surface area contributed by atoms with Crippen molar-refractivity contribution in [1.82, 2.24) is 4.98 Å². The van der Waals surface area contributed by atoms with Crippen molar-refractivity contribution in [2.75, 3.05) is 6.61 Å². The van der Waals surface area contributed by atoms with E-state index < -0.39 is 40.7 Å². The Kier molecular flexibility index (Phi) is 5.02. The molecule has 20 heavy (non-hydrogen) atoms. The third-order valence-corrected chi connectivity index (χ3v) is 2.32. The molecule has 1 heterocycles. The Morgan fingerprint density at radius 3 is 2.75 bits per heavy atom. The summed E-state index contributed by atoms with van der Waals surface area (Å²) >= 11 is 0. The highest BCUT2D eigenvalue weighted by molar-refractivity contribution is 5.74. The van der Waals surface area contributed by atoms with Crippen molar-refractivity contribution >= 4 is 11.8 Å². The van der Waals surface area contributed by atoms with E-state index in [4.69, 9.17) is 5.26 Å². The largest absolute Gasteiger partial charge is 0.466 e. The molecule has 1 rings (SSSR count). The van der Waals surface area contributed by atoms with Crippen LogP contribution in [0.5, 0.6) is 0 Å². The van der Waals surface area contributed by atoms with Crippen LogP contribution in [-0.4, -0.2) is 22.5 Å². The average Bonchev–Trinajstić information content (AvgIpc) is 2.37. The molecule has 9 heteroatoms. The first kappa shape index (κ1) is 15.4. The lowest BCUT2D eigenvalue weighted by Gasteiger charge is -2.07. The van der Waals surface area contributed by atoms with E-state index in [-0.39, 0.29) is 12.2 Å². The van der Waals surface area contributed by atoms with Crippen molar-refractivity contribution in [3.05, 3.63) is 33.0 Å². The second-order valence-electron chi connectivity index (χ2n) is 3.55. The molecule has 0 aliphatic heterocycles. The van der Waals surface area contributed by atoms with Crippen LogP contribution in [0.25, 0.3) is 0 Å². The molecular weight excluding hydrogens is 276 g/mol. The second kappa shape index (κ2) is 6.51. The number of esters is 1. The number of carbonyl (C=O) groups excluding carboxylic acids is 1. The van der Waals surface area contributed by atoms with Gasteiger partial charge in [0.1, 0.15) is 17.8 Å². The van der Waals surface area contributed by atoms with Gasteiger partial charge in [0.2, 0.25) is 0 Å². The smallest absolute Gasteiger partial charge is 0.373 e. The lowest BCUT2D eigenvalue weighted by molar-refractivity contribution is -0.391. The number of pyridine rings is 1. The number of ether oxygens (including phenoxy) is 1. The quantitative estimate of drug-likeness (QED) is 0.464. The van der Waals surface area contributed by atoms with E-state index in [2.05, 4.69) is 9.72 Å². The van der Waals surface area contributed by atoms with Crippen LogP contribution in [0.4, 0.5) is 14.6 Å². The van der Waals surface area contributed by atoms with Crippen LogP contribution in [-0.2, 0) is 16.0 Å². The van der Waals surface area contributed by atoms with Crippen molar-refractivity contribution in [1.29, 1.82) is 5.26 Å². The first-order valence-corrected chi connectivity index (χ1v) is 5.42. The number of rotatable bonds is 5. The lowest BCUT2D eigenvalue weighted by Crippen LogP contribution is -2.12. The summed E-state index contributed by atoms with van der Waals surface area (Å²) in [5.41, 5.74) is -1.83. The summed E-state index contributed by atoms with van der Waals surface area (Å²) in [4.78, 5) is 24.1. The fourth-order valence-corrected chi connectivity index (χ4v) is 1.54. The highest BCUT2D eigenvalue weighted by atomic mass is 19.3. The molecule has 0 aliphatic rings. The van der Waals surface area contributed by atoms with E-state index in [1.807, 2.05) is 0 Å². The molecular formula is C11H9F2N3O4. The molecule has 1 aromatic heterocycles. The zero-order valence-corrected chi connectivity index (χ0v) is 10.3.